The summed E-state index contributed by atoms with van der Waals surface area (Å²) in [4.78, 5) is 24.7. The zero-order valence-electron chi connectivity index (χ0n) is 11.8. The molecular formula is C15H16O6. The first-order chi connectivity index (χ1) is 9.79. The van der Waals surface area contributed by atoms with Gasteiger partial charge in [-0.2, -0.15) is 0 Å². The van der Waals surface area contributed by atoms with Crippen LogP contribution in [0, 0.1) is 17.3 Å². The first-order valence-electron chi connectivity index (χ1n) is 7.26. The standard InChI is InChI=1S/C15H16O6/c1-5(2)7-8-11(16)19-9(7)10-13(3)14(8,18)4-6-15(13,21-6)12(17)20-10/h6-10,18H,1,4H2,2-3H3/t6?,7-,8?,9?,10+,13+,14+,15-/m0/s1. The van der Waals surface area contributed by atoms with E-state index in [1.54, 1.807) is 6.92 Å². The Labute approximate surface area is 121 Å². The van der Waals surface area contributed by atoms with Crippen molar-refractivity contribution in [1.82, 2.24) is 0 Å². The molecule has 112 valence electrons. The van der Waals surface area contributed by atoms with Gasteiger partial charge in [0.25, 0.3) is 0 Å². The van der Waals surface area contributed by atoms with Crippen LogP contribution in [0.15, 0.2) is 12.2 Å². The van der Waals surface area contributed by atoms with Crippen LogP contribution in [0.3, 0.4) is 0 Å². The molecule has 3 unspecified atom stereocenters. The second-order valence-corrected chi connectivity index (χ2v) is 7.25. The Morgan fingerprint density at radius 1 is 1.38 bits per heavy atom. The number of hydrogen-bond donors (Lipinski definition) is 1. The van der Waals surface area contributed by atoms with Crippen LogP contribution in [-0.2, 0) is 23.8 Å². The molecule has 3 aliphatic heterocycles. The van der Waals surface area contributed by atoms with Gasteiger partial charge in [-0.25, -0.2) is 4.79 Å². The molecule has 21 heavy (non-hydrogen) atoms. The largest absolute Gasteiger partial charge is 0.457 e. The number of rotatable bonds is 1. The summed E-state index contributed by atoms with van der Waals surface area (Å²) in [7, 11) is 0. The van der Waals surface area contributed by atoms with Gasteiger partial charge in [-0.05, 0) is 13.8 Å². The maximum absolute atomic E-state index is 12.3. The lowest BCUT2D eigenvalue weighted by Gasteiger charge is -2.51. The third-order valence-electron chi connectivity index (χ3n) is 6.60. The molecule has 2 saturated carbocycles. The molecule has 0 amide bonds. The second-order valence-electron chi connectivity index (χ2n) is 7.25. The van der Waals surface area contributed by atoms with E-state index in [-0.39, 0.29) is 18.4 Å². The quantitative estimate of drug-likeness (QED) is 0.414. The van der Waals surface area contributed by atoms with E-state index >= 15 is 0 Å². The maximum atomic E-state index is 12.3. The molecule has 0 aromatic heterocycles. The summed E-state index contributed by atoms with van der Waals surface area (Å²) in [6.07, 6.45) is -1.34. The van der Waals surface area contributed by atoms with Crippen molar-refractivity contribution in [1.29, 1.82) is 0 Å². The zero-order valence-corrected chi connectivity index (χ0v) is 11.8. The third kappa shape index (κ3) is 0.874. The zero-order chi connectivity index (χ0) is 14.9. The maximum Gasteiger partial charge on any atom is 0.342 e. The van der Waals surface area contributed by atoms with Gasteiger partial charge < -0.3 is 19.3 Å². The van der Waals surface area contributed by atoms with Gasteiger partial charge in [0.2, 0.25) is 5.60 Å². The highest BCUT2D eigenvalue weighted by Crippen LogP contribution is 2.76. The molecule has 0 aromatic carbocycles. The van der Waals surface area contributed by atoms with Gasteiger partial charge in [-0.3, -0.25) is 4.79 Å². The monoisotopic (exact) mass is 292 g/mol. The van der Waals surface area contributed by atoms with Crippen molar-refractivity contribution in [3.63, 3.8) is 0 Å². The predicted molar refractivity (Wildman–Crippen MR) is 66.8 cm³/mol. The van der Waals surface area contributed by atoms with Crippen LogP contribution in [0.4, 0.5) is 0 Å². The summed E-state index contributed by atoms with van der Waals surface area (Å²) >= 11 is 0. The normalized spacial score (nSPS) is 62.0. The summed E-state index contributed by atoms with van der Waals surface area (Å²) < 4.78 is 16.6. The molecule has 0 aromatic rings. The van der Waals surface area contributed by atoms with Crippen LogP contribution < -0.4 is 0 Å². The Hall–Kier alpha value is -1.40. The van der Waals surface area contributed by atoms with E-state index in [1.165, 1.54) is 0 Å². The van der Waals surface area contributed by atoms with E-state index in [0.29, 0.717) is 0 Å². The number of carbonyl (C=O) groups excluding carboxylic acids is 2. The SMILES string of the molecule is C=C(C)[C@@H]1C2OC(=O)C1[C@]1(O)CC3O[C@]34C(=O)O[C@H]2[C@]14C. The Morgan fingerprint density at radius 2 is 2.10 bits per heavy atom. The minimum atomic E-state index is -1.35. The Bertz CT molecular complexity index is 642. The third-order valence-corrected chi connectivity index (χ3v) is 6.60. The smallest absolute Gasteiger partial charge is 0.342 e. The molecule has 2 bridgehead atoms. The fourth-order valence-corrected chi connectivity index (χ4v) is 5.59. The average molecular weight is 292 g/mol. The number of aliphatic hydroxyl groups is 1. The molecule has 2 aliphatic carbocycles. The van der Waals surface area contributed by atoms with Crippen molar-refractivity contribution in [3.8, 4) is 0 Å². The van der Waals surface area contributed by atoms with Gasteiger partial charge in [0.15, 0.2) is 6.10 Å². The average Bonchev–Trinajstić information content (AvgIpc) is 2.86. The van der Waals surface area contributed by atoms with Gasteiger partial charge in [0, 0.05) is 12.3 Å². The van der Waals surface area contributed by atoms with Crippen LogP contribution in [0.25, 0.3) is 0 Å². The van der Waals surface area contributed by atoms with Gasteiger partial charge in [-0.1, -0.05) is 12.2 Å². The molecule has 6 heteroatoms. The molecule has 5 aliphatic rings. The van der Waals surface area contributed by atoms with E-state index in [0.717, 1.165) is 5.57 Å². The van der Waals surface area contributed by atoms with E-state index < -0.39 is 46.7 Å². The summed E-state index contributed by atoms with van der Waals surface area (Å²) in [5.74, 6) is -1.86. The first-order valence-corrected chi connectivity index (χ1v) is 7.26. The molecule has 6 nitrogen and oxygen atoms in total. The fraction of sp³-hybridized carbons (Fsp3) is 0.733. The lowest BCUT2D eigenvalue weighted by atomic mass is 9.53. The molecule has 3 saturated heterocycles. The van der Waals surface area contributed by atoms with Gasteiger partial charge in [0.05, 0.1) is 16.9 Å². The highest BCUT2D eigenvalue weighted by Gasteiger charge is 2.95. The van der Waals surface area contributed by atoms with Crippen molar-refractivity contribution in [2.45, 2.75) is 49.8 Å². The van der Waals surface area contributed by atoms with Crippen molar-refractivity contribution in [2.75, 3.05) is 0 Å². The van der Waals surface area contributed by atoms with E-state index in [9.17, 15) is 14.7 Å². The molecule has 1 spiro atoms. The molecular weight excluding hydrogens is 276 g/mol. The number of esters is 2. The molecule has 5 rings (SSSR count). The van der Waals surface area contributed by atoms with Crippen LogP contribution in [0.5, 0.6) is 0 Å². The van der Waals surface area contributed by atoms with Crippen molar-refractivity contribution in [3.05, 3.63) is 12.2 Å². The highest BCUT2D eigenvalue weighted by molar-refractivity contribution is 5.91. The number of fused-ring (bicyclic) bond motifs is 4. The Balaban J connectivity index is 1.78. The van der Waals surface area contributed by atoms with Gasteiger partial charge in [-0.15, -0.1) is 0 Å². The van der Waals surface area contributed by atoms with E-state index in [1.807, 2.05) is 6.92 Å². The van der Waals surface area contributed by atoms with Crippen LogP contribution >= 0.6 is 0 Å². The van der Waals surface area contributed by atoms with Crippen molar-refractivity contribution in [2.24, 2.45) is 17.3 Å². The lowest BCUT2D eigenvalue weighted by Crippen LogP contribution is -2.66. The van der Waals surface area contributed by atoms with Crippen molar-refractivity contribution >= 4 is 11.9 Å². The van der Waals surface area contributed by atoms with Crippen LogP contribution in [0.1, 0.15) is 20.3 Å². The van der Waals surface area contributed by atoms with E-state index in [2.05, 4.69) is 6.58 Å². The summed E-state index contributed by atoms with van der Waals surface area (Å²) in [6, 6.07) is 0. The number of ether oxygens (including phenoxy) is 3. The molecule has 3 heterocycles. The minimum Gasteiger partial charge on any atom is -0.457 e. The number of epoxide rings is 1. The van der Waals surface area contributed by atoms with Gasteiger partial charge in [0.1, 0.15) is 12.2 Å². The fourth-order valence-electron chi connectivity index (χ4n) is 5.59. The molecule has 5 fully saturated rings. The Morgan fingerprint density at radius 3 is 2.76 bits per heavy atom. The van der Waals surface area contributed by atoms with Gasteiger partial charge >= 0.3 is 11.9 Å². The minimum absolute atomic E-state index is 0.269. The lowest BCUT2D eigenvalue weighted by molar-refractivity contribution is -0.195. The Kier molecular flexibility index (Phi) is 1.68. The first kappa shape index (κ1) is 12.2. The predicted octanol–water partition coefficient (Wildman–Crippen LogP) is -0.0620. The summed E-state index contributed by atoms with van der Waals surface area (Å²) in [6.45, 7) is 7.55. The van der Waals surface area contributed by atoms with Crippen molar-refractivity contribution < 1.29 is 28.9 Å². The summed E-state index contributed by atoms with van der Waals surface area (Å²) in [5, 5.41) is 11.4. The van der Waals surface area contributed by atoms with Crippen LogP contribution in [0.2, 0.25) is 0 Å². The highest BCUT2D eigenvalue weighted by atomic mass is 16.7. The molecule has 1 N–H and O–H groups in total. The molecule has 0 radical (unpaired) electrons. The number of hydrogen-bond acceptors (Lipinski definition) is 6. The van der Waals surface area contributed by atoms with Crippen LogP contribution in [-0.4, -0.2) is 46.6 Å². The topological polar surface area (TPSA) is 85.4 Å². The molecule has 8 atom stereocenters. The number of carbonyl (C=O) groups is 2. The summed E-state index contributed by atoms with van der Waals surface area (Å²) in [5.41, 5.74) is -2.60. The second kappa shape index (κ2) is 2.90. The van der Waals surface area contributed by atoms with E-state index in [4.69, 9.17) is 14.2 Å².